The number of hydrogen-bond acceptors (Lipinski definition) is 4. The number of rotatable bonds is 2. The number of carbonyl (C=O) groups is 1. The van der Waals surface area contributed by atoms with Gasteiger partial charge in [-0.1, -0.05) is 30.3 Å². The second-order valence-corrected chi connectivity index (χ2v) is 8.61. The molecule has 3 heterocycles. The highest BCUT2D eigenvalue weighted by molar-refractivity contribution is 7.18. The van der Waals surface area contributed by atoms with Gasteiger partial charge in [-0.25, -0.2) is 9.78 Å². The normalized spacial score (nSPS) is 19.9. The lowest BCUT2D eigenvalue weighted by molar-refractivity contribution is 0.167. The number of urea groups is 1. The van der Waals surface area contributed by atoms with Gasteiger partial charge in [-0.05, 0) is 43.0 Å². The van der Waals surface area contributed by atoms with Crippen LogP contribution in [0.5, 0.6) is 5.75 Å². The Morgan fingerprint density at radius 2 is 1.89 bits per heavy atom. The highest BCUT2D eigenvalue weighted by Crippen LogP contribution is 2.33. The van der Waals surface area contributed by atoms with Gasteiger partial charge in [0.05, 0.1) is 21.3 Å². The summed E-state index contributed by atoms with van der Waals surface area (Å²) < 4.78 is 7.03. The van der Waals surface area contributed by atoms with E-state index in [0.717, 1.165) is 49.2 Å². The van der Waals surface area contributed by atoms with Gasteiger partial charge in [-0.2, -0.15) is 0 Å². The van der Waals surface area contributed by atoms with Gasteiger partial charge in [0.2, 0.25) is 0 Å². The van der Waals surface area contributed by atoms with Crippen molar-refractivity contribution in [3.63, 3.8) is 0 Å². The van der Waals surface area contributed by atoms with Crippen LogP contribution in [0.3, 0.4) is 0 Å². The molecule has 1 aromatic heterocycles. The van der Waals surface area contributed by atoms with Gasteiger partial charge in [-0.3, -0.25) is 0 Å². The second-order valence-electron chi connectivity index (χ2n) is 7.55. The van der Waals surface area contributed by atoms with Crippen molar-refractivity contribution in [1.29, 1.82) is 0 Å². The van der Waals surface area contributed by atoms with E-state index in [9.17, 15) is 4.79 Å². The molecule has 2 aromatic carbocycles. The van der Waals surface area contributed by atoms with Crippen molar-refractivity contribution in [2.75, 3.05) is 19.7 Å². The molecular formula is C22H23N3O2S. The fourth-order valence-corrected chi connectivity index (χ4v) is 5.22. The predicted octanol–water partition coefficient (Wildman–Crippen LogP) is 4.19. The lowest BCUT2D eigenvalue weighted by Gasteiger charge is -2.33. The first-order valence-corrected chi connectivity index (χ1v) is 10.7. The molecule has 2 aliphatic rings. The third-order valence-corrected chi connectivity index (χ3v) is 6.85. The lowest BCUT2D eigenvalue weighted by atomic mass is 9.97. The number of nitrogens with zero attached hydrogens (tertiary/aromatic N) is 2. The summed E-state index contributed by atoms with van der Waals surface area (Å²) in [5, 5.41) is 4.36. The van der Waals surface area contributed by atoms with E-state index in [1.807, 2.05) is 29.2 Å². The van der Waals surface area contributed by atoms with Gasteiger partial charge >= 0.3 is 6.03 Å². The minimum absolute atomic E-state index is 0.0238. The summed E-state index contributed by atoms with van der Waals surface area (Å²) in [7, 11) is 0. The Morgan fingerprint density at radius 1 is 1.11 bits per heavy atom. The maximum atomic E-state index is 12.7. The highest BCUT2D eigenvalue weighted by Gasteiger charge is 2.28. The maximum absolute atomic E-state index is 12.7. The summed E-state index contributed by atoms with van der Waals surface area (Å²) in [5.41, 5.74) is 2.24. The number of thiazole rings is 1. The van der Waals surface area contributed by atoms with Crippen LogP contribution in [-0.2, 0) is 6.42 Å². The molecule has 5 rings (SSSR count). The number of para-hydroxylation sites is 2. The van der Waals surface area contributed by atoms with Crippen LogP contribution in [0.1, 0.15) is 29.3 Å². The first kappa shape index (κ1) is 17.5. The monoisotopic (exact) mass is 393 g/mol. The minimum Gasteiger partial charge on any atom is -0.491 e. The van der Waals surface area contributed by atoms with Crippen molar-refractivity contribution in [1.82, 2.24) is 15.2 Å². The molecule has 0 radical (unpaired) electrons. The topological polar surface area (TPSA) is 54.5 Å². The Labute approximate surface area is 168 Å². The quantitative estimate of drug-likeness (QED) is 0.710. The van der Waals surface area contributed by atoms with Crippen molar-refractivity contribution in [2.45, 2.75) is 31.2 Å². The smallest absolute Gasteiger partial charge is 0.317 e. The predicted molar refractivity (Wildman–Crippen MR) is 111 cm³/mol. The summed E-state index contributed by atoms with van der Waals surface area (Å²) in [4.78, 5) is 19.4. The fraction of sp³-hybridized carbons (Fsp3) is 0.364. The van der Waals surface area contributed by atoms with Crippen LogP contribution in [0.4, 0.5) is 4.79 Å². The van der Waals surface area contributed by atoms with E-state index in [2.05, 4.69) is 29.6 Å². The van der Waals surface area contributed by atoms with Crippen LogP contribution in [-0.4, -0.2) is 41.7 Å². The van der Waals surface area contributed by atoms with Crippen molar-refractivity contribution >= 4 is 27.6 Å². The summed E-state index contributed by atoms with van der Waals surface area (Å²) in [6, 6.07) is 16.4. The fourth-order valence-electron chi connectivity index (χ4n) is 4.08. The number of carbonyl (C=O) groups excluding carboxylic acids is 1. The van der Waals surface area contributed by atoms with Crippen LogP contribution >= 0.6 is 11.3 Å². The Morgan fingerprint density at radius 3 is 2.75 bits per heavy atom. The SMILES string of the molecule is O=C(NC1COc2ccccc2C1)N1CCC(c2nc3ccccc3s2)CC1. The third-order valence-electron chi connectivity index (χ3n) is 5.65. The van der Waals surface area contributed by atoms with Crippen LogP contribution in [0.2, 0.25) is 0 Å². The number of likely N-dealkylation sites (tertiary alicyclic amines) is 1. The van der Waals surface area contributed by atoms with Crippen LogP contribution < -0.4 is 10.1 Å². The molecule has 5 nitrogen and oxygen atoms in total. The number of fused-ring (bicyclic) bond motifs is 2. The van der Waals surface area contributed by atoms with Crippen LogP contribution in [0, 0.1) is 0 Å². The lowest BCUT2D eigenvalue weighted by Crippen LogP contribution is -2.50. The molecule has 1 fully saturated rings. The third kappa shape index (κ3) is 3.44. The molecule has 1 saturated heterocycles. The van der Waals surface area contributed by atoms with E-state index in [4.69, 9.17) is 9.72 Å². The van der Waals surface area contributed by atoms with Gasteiger partial charge in [0.15, 0.2) is 0 Å². The molecule has 1 unspecified atom stereocenters. The Balaban J connectivity index is 1.17. The molecule has 28 heavy (non-hydrogen) atoms. The summed E-state index contributed by atoms with van der Waals surface area (Å²) in [5.74, 6) is 1.39. The van der Waals surface area contributed by atoms with Gasteiger partial charge < -0.3 is 15.0 Å². The van der Waals surface area contributed by atoms with Crippen LogP contribution in [0.25, 0.3) is 10.2 Å². The van der Waals surface area contributed by atoms with Crippen molar-refractivity contribution in [2.24, 2.45) is 0 Å². The van der Waals surface area contributed by atoms with E-state index in [1.54, 1.807) is 11.3 Å². The molecule has 1 N–H and O–H groups in total. The molecule has 0 spiro atoms. The molecule has 0 saturated carbocycles. The van der Waals surface area contributed by atoms with Gasteiger partial charge in [0.1, 0.15) is 12.4 Å². The van der Waals surface area contributed by atoms with Crippen molar-refractivity contribution in [3.05, 3.63) is 59.1 Å². The van der Waals surface area contributed by atoms with Crippen LogP contribution in [0.15, 0.2) is 48.5 Å². The summed E-state index contributed by atoms with van der Waals surface area (Å²) in [6.45, 7) is 2.08. The number of aromatic nitrogens is 1. The van der Waals surface area contributed by atoms with Gasteiger partial charge in [-0.15, -0.1) is 11.3 Å². The highest BCUT2D eigenvalue weighted by atomic mass is 32.1. The Bertz CT molecular complexity index is 961. The number of nitrogens with one attached hydrogen (secondary N) is 1. The number of benzene rings is 2. The largest absolute Gasteiger partial charge is 0.491 e. The number of piperidine rings is 1. The summed E-state index contributed by atoms with van der Waals surface area (Å²) >= 11 is 1.79. The average Bonchev–Trinajstić information content (AvgIpc) is 3.18. The standard InChI is InChI=1S/C22H23N3O2S/c26-22(23-17-13-16-5-1-3-7-19(16)27-14-17)25-11-9-15(10-12-25)21-24-18-6-2-4-8-20(18)28-21/h1-8,15,17H,9-14H2,(H,23,26). The van der Waals surface area contributed by atoms with E-state index < -0.39 is 0 Å². The minimum atomic E-state index is 0.0238. The van der Waals surface area contributed by atoms with Crippen molar-refractivity contribution in [3.8, 4) is 5.75 Å². The molecule has 2 amide bonds. The van der Waals surface area contributed by atoms with E-state index in [0.29, 0.717) is 12.5 Å². The maximum Gasteiger partial charge on any atom is 0.317 e. The molecule has 6 heteroatoms. The molecule has 1 atom stereocenters. The zero-order chi connectivity index (χ0) is 18.9. The number of ether oxygens (including phenoxy) is 1. The first-order chi connectivity index (χ1) is 13.8. The zero-order valence-corrected chi connectivity index (χ0v) is 16.5. The second kappa shape index (κ2) is 7.43. The van der Waals surface area contributed by atoms with Gasteiger partial charge in [0.25, 0.3) is 0 Å². The Kier molecular flexibility index (Phi) is 4.64. The first-order valence-electron chi connectivity index (χ1n) is 9.88. The molecule has 144 valence electrons. The Hall–Kier alpha value is -2.60. The molecule has 0 bridgehead atoms. The summed E-state index contributed by atoms with van der Waals surface area (Å²) in [6.07, 6.45) is 2.76. The zero-order valence-electron chi connectivity index (χ0n) is 15.6. The van der Waals surface area contributed by atoms with E-state index in [-0.39, 0.29) is 12.1 Å². The number of amides is 2. The number of hydrogen-bond donors (Lipinski definition) is 1. The van der Waals surface area contributed by atoms with Crippen molar-refractivity contribution < 1.29 is 9.53 Å². The molecule has 0 aliphatic carbocycles. The van der Waals surface area contributed by atoms with E-state index >= 15 is 0 Å². The molecule has 3 aromatic rings. The molecular weight excluding hydrogens is 370 g/mol. The van der Waals surface area contributed by atoms with E-state index in [1.165, 1.54) is 9.71 Å². The molecule has 2 aliphatic heterocycles. The van der Waals surface area contributed by atoms with Gasteiger partial charge in [0, 0.05) is 19.0 Å². The average molecular weight is 394 g/mol.